The van der Waals surface area contributed by atoms with Crippen molar-refractivity contribution in [3.8, 4) is 17.9 Å². The van der Waals surface area contributed by atoms with Crippen LogP contribution < -0.4 is 16.2 Å². The summed E-state index contributed by atoms with van der Waals surface area (Å²) in [5.41, 5.74) is 9.35. The molecule has 1 saturated heterocycles. The van der Waals surface area contributed by atoms with Crippen LogP contribution in [0.5, 0.6) is 0 Å². The van der Waals surface area contributed by atoms with Gasteiger partial charge in [-0.2, -0.15) is 10.4 Å². The zero-order chi connectivity index (χ0) is 24.5. The largest absolute Gasteiger partial charge is 0.341 e. The van der Waals surface area contributed by atoms with Gasteiger partial charge in [-0.15, -0.1) is 5.92 Å². The van der Waals surface area contributed by atoms with Crippen molar-refractivity contribution in [1.82, 2.24) is 19.3 Å². The number of fused-ring (bicyclic) bond motifs is 2. The second-order valence-corrected chi connectivity index (χ2v) is 8.95. The van der Waals surface area contributed by atoms with Gasteiger partial charge in [0.25, 0.3) is 5.56 Å². The van der Waals surface area contributed by atoms with E-state index in [-0.39, 0.29) is 18.1 Å². The van der Waals surface area contributed by atoms with Crippen LogP contribution in [0.25, 0.3) is 21.8 Å². The monoisotopic (exact) mass is 465 g/mol. The number of nitrogens with zero attached hydrogens (tertiary/aromatic N) is 6. The summed E-state index contributed by atoms with van der Waals surface area (Å²) in [6.07, 6.45) is 1.97. The number of rotatable bonds is 4. The van der Waals surface area contributed by atoms with Crippen molar-refractivity contribution < 1.29 is 0 Å². The zero-order valence-corrected chi connectivity index (χ0v) is 20.0. The summed E-state index contributed by atoms with van der Waals surface area (Å²) in [6.45, 7) is 5.86. The van der Waals surface area contributed by atoms with E-state index in [4.69, 9.17) is 10.7 Å². The van der Waals surface area contributed by atoms with Gasteiger partial charge in [0, 0.05) is 19.1 Å². The van der Waals surface area contributed by atoms with Gasteiger partial charge in [0.15, 0.2) is 0 Å². The van der Waals surface area contributed by atoms with E-state index >= 15 is 0 Å². The summed E-state index contributed by atoms with van der Waals surface area (Å²) in [7, 11) is 0. The lowest BCUT2D eigenvalue weighted by Gasteiger charge is -2.31. The Kier molecular flexibility index (Phi) is 5.98. The molecule has 0 spiro atoms. The number of benzene rings is 2. The first kappa shape index (κ1) is 22.6. The zero-order valence-electron chi connectivity index (χ0n) is 20.0. The Balaban J connectivity index is 1.67. The summed E-state index contributed by atoms with van der Waals surface area (Å²) in [4.78, 5) is 20.8. The molecule has 1 aliphatic heterocycles. The maximum Gasteiger partial charge on any atom is 0.293 e. The number of hydrogen-bond acceptors (Lipinski definition) is 6. The average molecular weight is 466 g/mol. The van der Waals surface area contributed by atoms with E-state index < -0.39 is 0 Å². The minimum Gasteiger partial charge on any atom is -0.341 e. The highest BCUT2D eigenvalue weighted by Gasteiger charge is 2.25. The van der Waals surface area contributed by atoms with Crippen LogP contribution in [-0.4, -0.2) is 38.5 Å². The third-order valence-corrected chi connectivity index (χ3v) is 6.61. The molecule has 3 heterocycles. The standard InChI is InChI=1S/C27H27N7O/c1-3-4-14-33-25-24(30-27(33)32-13-7-8-21(29)17-32)18(2)31-34(26(25)35)16-20-12-11-19(15-28)22-9-5-6-10-23(20)22/h5-6,9-12,21H,7-8,13-14,16-17,29H2,1-2H3. The van der Waals surface area contributed by atoms with Crippen LogP contribution in [0.2, 0.25) is 0 Å². The molecule has 0 aliphatic carbocycles. The smallest absolute Gasteiger partial charge is 0.293 e. The van der Waals surface area contributed by atoms with Crippen molar-refractivity contribution in [2.24, 2.45) is 5.73 Å². The molecule has 0 radical (unpaired) electrons. The second kappa shape index (κ2) is 9.25. The molecule has 0 amide bonds. The van der Waals surface area contributed by atoms with Gasteiger partial charge < -0.3 is 10.6 Å². The van der Waals surface area contributed by atoms with Crippen LogP contribution in [0.1, 0.15) is 36.6 Å². The molecule has 4 aromatic rings. The molecular weight excluding hydrogens is 438 g/mol. The van der Waals surface area contributed by atoms with Crippen LogP contribution in [0.15, 0.2) is 41.2 Å². The summed E-state index contributed by atoms with van der Waals surface area (Å²) >= 11 is 0. The van der Waals surface area contributed by atoms with Crippen LogP contribution >= 0.6 is 0 Å². The highest BCUT2D eigenvalue weighted by molar-refractivity contribution is 5.90. The third kappa shape index (κ3) is 4.03. The summed E-state index contributed by atoms with van der Waals surface area (Å²) in [5, 5.41) is 15.9. The first-order valence-corrected chi connectivity index (χ1v) is 11.8. The number of piperidine rings is 1. The molecule has 0 bridgehead atoms. The van der Waals surface area contributed by atoms with Crippen molar-refractivity contribution >= 4 is 27.8 Å². The normalized spacial score (nSPS) is 15.7. The predicted octanol–water partition coefficient (Wildman–Crippen LogP) is 2.93. The number of nitrogens with two attached hydrogens (primary N) is 1. The maximum atomic E-state index is 13.8. The average Bonchev–Trinajstić information content (AvgIpc) is 3.26. The highest BCUT2D eigenvalue weighted by atomic mass is 16.1. The van der Waals surface area contributed by atoms with Gasteiger partial charge in [-0.1, -0.05) is 36.3 Å². The third-order valence-electron chi connectivity index (χ3n) is 6.61. The Bertz CT molecular complexity index is 1600. The Morgan fingerprint density at radius 2 is 2.00 bits per heavy atom. The number of imidazole rings is 1. The fourth-order valence-electron chi connectivity index (χ4n) is 4.91. The maximum absolute atomic E-state index is 13.8. The first-order valence-electron chi connectivity index (χ1n) is 11.8. The summed E-state index contributed by atoms with van der Waals surface area (Å²) in [5.74, 6) is 6.76. The fourth-order valence-corrected chi connectivity index (χ4v) is 4.91. The van der Waals surface area contributed by atoms with E-state index in [0.29, 0.717) is 35.4 Å². The van der Waals surface area contributed by atoms with Gasteiger partial charge >= 0.3 is 0 Å². The predicted molar refractivity (Wildman–Crippen MR) is 137 cm³/mol. The lowest BCUT2D eigenvalue weighted by molar-refractivity contribution is 0.496. The topological polar surface area (TPSA) is 106 Å². The van der Waals surface area contributed by atoms with Crippen molar-refractivity contribution in [3.63, 3.8) is 0 Å². The van der Waals surface area contributed by atoms with Crippen molar-refractivity contribution in [3.05, 3.63) is 63.6 Å². The number of hydrogen-bond donors (Lipinski definition) is 1. The van der Waals surface area contributed by atoms with Gasteiger partial charge in [0.1, 0.15) is 11.0 Å². The second-order valence-electron chi connectivity index (χ2n) is 8.95. The fraction of sp³-hybridized carbons (Fsp3) is 0.333. The van der Waals surface area contributed by atoms with Crippen LogP contribution in [-0.2, 0) is 13.1 Å². The summed E-state index contributed by atoms with van der Waals surface area (Å²) in [6, 6.07) is 13.8. The van der Waals surface area contributed by atoms with E-state index in [9.17, 15) is 10.1 Å². The van der Waals surface area contributed by atoms with Crippen LogP contribution in [0.3, 0.4) is 0 Å². The van der Waals surface area contributed by atoms with E-state index in [1.807, 2.05) is 41.8 Å². The van der Waals surface area contributed by atoms with E-state index in [1.54, 1.807) is 13.0 Å². The molecule has 2 aromatic heterocycles. The minimum absolute atomic E-state index is 0.0785. The van der Waals surface area contributed by atoms with Gasteiger partial charge in [-0.3, -0.25) is 9.36 Å². The molecule has 35 heavy (non-hydrogen) atoms. The first-order chi connectivity index (χ1) is 17.0. The van der Waals surface area contributed by atoms with Crippen LogP contribution in [0, 0.1) is 30.1 Å². The van der Waals surface area contributed by atoms with Gasteiger partial charge in [-0.05, 0) is 49.1 Å². The molecule has 0 saturated carbocycles. The van der Waals surface area contributed by atoms with Crippen molar-refractivity contribution in [2.75, 3.05) is 18.0 Å². The Morgan fingerprint density at radius 1 is 1.20 bits per heavy atom. The van der Waals surface area contributed by atoms with Crippen LogP contribution in [0.4, 0.5) is 5.95 Å². The van der Waals surface area contributed by atoms with Gasteiger partial charge in [-0.25, -0.2) is 9.67 Å². The number of nitriles is 1. The lowest BCUT2D eigenvalue weighted by atomic mass is 10.00. The molecule has 176 valence electrons. The molecule has 2 N–H and O–H groups in total. The van der Waals surface area contributed by atoms with Gasteiger partial charge in [0.2, 0.25) is 5.95 Å². The molecule has 1 aliphatic rings. The number of aromatic nitrogens is 4. The molecule has 8 nitrogen and oxygen atoms in total. The Labute approximate surface area is 203 Å². The van der Waals surface area contributed by atoms with E-state index in [1.165, 1.54) is 4.68 Å². The lowest BCUT2D eigenvalue weighted by Crippen LogP contribution is -2.44. The van der Waals surface area contributed by atoms with E-state index in [0.717, 1.165) is 41.7 Å². The molecule has 2 aromatic carbocycles. The highest BCUT2D eigenvalue weighted by Crippen LogP contribution is 2.26. The molecule has 8 heteroatoms. The van der Waals surface area contributed by atoms with Gasteiger partial charge in [0.05, 0.1) is 30.4 Å². The Morgan fingerprint density at radius 3 is 2.74 bits per heavy atom. The number of aryl methyl sites for hydroxylation is 1. The Hall–Kier alpha value is -4.14. The molecule has 1 fully saturated rings. The SMILES string of the molecule is CC#CCn1c(N2CCCC(N)C2)nc2c(C)nn(Cc3ccc(C#N)c4ccccc34)c(=O)c21. The number of anilines is 1. The van der Waals surface area contributed by atoms with Crippen molar-refractivity contribution in [1.29, 1.82) is 5.26 Å². The minimum atomic E-state index is -0.211. The molecule has 5 rings (SSSR count). The molecule has 1 atom stereocenters. The molecular formula is C27H27N7O. The van der Waals surface area contributed by atoms with Crippen molar-refractivity contribution in [2.45, 2.75) is 45.8 Å². The van der Waals surface area contributed by atoms with E-state index in [2.05, 4.69) is 27.9 Å². The summed E-state index contributed by atoms with van der Waals surface area (Å²) < 4.78 is 3.41. The quantitative estimate of drug-likeness (QED) is 0.465. The molecule has 1 unspecified atom stereocenters.